The van der Waals surface area contributed by atoms with Crippen LogP contribution in [0.1, 0.15) is 98.4 Å². The molecule has 0 aromatic carbocycles. The van der Waals surface area contributed by atoms with Gasteiger partial charge in [0, 0.05) is 30.9 Å². The summed E-state index contributed by atoms with van der Waals surface area (Å²) in [6, 6.07) is 9.14. The van der Waals surface area contributed by atoms with E-state index in [1.165, 1.54) is 22.9 Å². The highest BCUT2D eigenvalue weighted by Gasteiger charge is 2.64. The van der Waals surface area contributed by atoms with E-state index in [1.54, 1.807) is 29.3 Å². The number of carbonyl (C=O) groups is 2. The van der Waals surface area contributed by atoms with Gasteiger partial charge in [-0.2, -0.15) is 8.42 Å². The van der Waals surface area contributed by atoms with Gasteiger partial charge in [0.15, 0.2) is 10.8 Å². The Morgan fingerprint density at radius 3 is 2.42 bits per heavy atom. The molecule has 3 atom stereocenters. The van der Waals surface area contributed by atoms with Crippen LogP contribution in [-0.4, -0.2) is 75.9 Å². The molecule has 15 heteroatoms. The Kier molecular flexibility index (Phi) is 11.0. The molecule has 4 heterocycles. The minimum absolute atomic E-state index is 0.123. The normalized spacial score (nSPS) is 22.2. The molecule has 2 amide bonds. The molecule has 284 valence electrons. The summed E-state index contributed by atoms with van der Waals surface area (Å²) in [7, 11) is -4.34. The number of nitrogens with one attached hydrogen (secondary N) is 2. The highest BCUT2D eigenvalue weighted by atomic mass is 35.5. The number of halogens is 1. The number of amides is 2. The predicted octanol–water partition coefficient (Wildman–Crippen LogP) is 7.11. The summed E-state index contributed by atoms with van der Waals surface area (Å²) in [6.07, 6.45) is 4.79. The number of likely N-dealkylation sites (tertiary alicyclic amines) is 1. The zero-order valence-electron chi connectivity index (χ0n) is 31.6. The molecule has 5 rings (SSSR count). The summed E-state index contributed by atoms with van der Waals surface area (Å²) in [5, 5.41) is 7.07. The van der Waals surface area contributed by atoms with Gasteiger partial charge >= 0.3 is 6.09 Å². The highest BCUT2D eigenvalue weighted by Crippen LogP contribution is 2.70. The molecule has 3 aromatic rings. The second kappa shape index (κ2) is 14.5. The molecule has 0 radical (unpaired) electrons. The van der Waals surface area contributed by atoms with Crippen molar-refractivity contribution in [1.29, 1.82) is 0 Å². The van der Waals surface area contributed by atoms with Crippen molar-refractivity contribution in [2.24, 2.45) is 22.7 Å². The molecule has 3 aromatic heterocycles. The van der Waals surface area contributed by atoms with Crippen molar-refractivity contribution in [2.45, 2.75) is 104 Å². The first kappa shape index (κ1) is 39.3. The van der Waals surface area contributed by atoms with Crippen LogP contribution in [0.3, 0.4) is 0 Å². The molecule has 13 nitrogen and oxygen atoms in total. The van der Waals surface area contributed by atoms with Crippen LogP contribution in [0.2, 0.25) is 5.15 Å². The molecule has 1 aliphatic carbocycles. The summed E-state index contributed by atoms with van der Waals surface area (Å²) in [6.45, 7) is 20.5. The summed E-state index contributed by atoms with van der Waals surface area (Å²) in [4.78, 5) is 36.1. The molecule has 0 bridgehead atoms. The lowest BCUT2D eigenvalue weighted by molar-refractivity contribution is 0.0130. The first-order valence-electron chi connectivity index (χ1n) is 17.8. The molecule has 2 unspecified atom stereocenters. The summed E-state index contributed by atoms with van der Waals surface area (Å²) >= 11 is 6.35. The van der Waals surface area contributed by atoms with Gasteiger partial charge < -0.3 is 19.7 Å². The first-order valence-corrected chi connectivity index (χ1v) is 19.6. The number of aromatic nitrogens is 4. The molecule has 1 saturated carbocycles. The Morgan fingerprint density at radius 1 is 1.06 bits per heavy atom. The summed E-state index contributed by atoms with van der Waals surface area (Å²) < 4.78 is 41.3. The van der Waals surface area contributed by atoms with E-state index in [0.717, 1.165) is 25.7 Å². The third-order valence-corrected chi connectivity index (χ3v) is 12.6. The Hall–Kier alpha value is -3.91. The van der Waals surface area contributed by atoms with Crippen LogP contribution in [0, 0.1) is 22.7 Å². The van der Waals surface area contributed by atoms with E-state index in [0.29, 0.717) is 49.0 Å². The van der Waals surface area contributed by atoms with Crippen molar-refractivity contribution in [2.75, 3.05) is 25.0 Å². The molecule has 1 saturated heterocycles. The maximum atomic E-state index is 13.2. The number of hydrogen-bond donors (Lipinski definition) is 2. The van der Waals surface area contributed by atoms with Crippen LogP contribution in [-0.2, 0) is 14.8 Å². The molecular weight excluding hydrogens is 706 g/mol. The van der Waals surface area contributed by atoms with Gasteiger partial charge in [-0.3, -0.25) is 4.79 Å². The second-order valence-corrected chi connectivity index (χ2v) is 18.4. The molecular formula is C37H52ClN7O6S. The van der Waals surface area contributed by atoms with E-state index in [1.807, 2.05) is 39.3 Å². The van der Waals surface area contributed by atoms with Crippen molar-refractivity contribution >= 4 is 39.4 Å². The van der Waals surface area contributed by atoms with Crippen LogP contribution in [0.25, 0.3) is 5.82 Å². The lowest BCUT2D eigenvalue weighted by atomic mass is 9.93. The zero-order valence-corrected chi connectivity index (χ0v) is 33.2. The fourth-order valence-corrected chi connectivity index (χ4v) is 8.41. The summed E-state index contributed by atoms with van der Waals surface area (Å²) in [5.41, 5.74) is -0.473. The predicted molar refractivity (Wildman–Crippen MR) is 199 cm³/mol. The second-order valence-electron chi connectivity index (χ2n) is 16.4. The maximum absolute atomic E-state index is 13.2. The largest absolute Gasteiger partial charge is 0.477 e. The van der Waals surface area contributed by atoms with E-state index in [2.05, 4.69) is 48.1 Å². The highest BCUT2D eigenvalue weighted by molar-refractivity contribution is 7.90. The number of hydrogen-bond acceptors (Lipinski definition) is 10. The summed E-state index contributed by atoms with van der Waals surface area (Å²) in [5.74, 6) is 1.11. The monoisotopic (exact) mass is 757 g/mol. The van der Waals surface area contributed by atoms with Crippen molar-refractivity contribution in [3.63, 3.8) is 0 Å². The average molecular weight is 758 g/mol. The van der Waals surface area contributed by atoms with Gasteiger partial charge in [-0.1, -0.05) is 45.4 Å². The van der Waals surface area contributed by atoms with E-state index in [-0.39, 0.29) is 38.2 Å². The fraction of sp³-hybridized carbons (Fsp3) is 0.595. The average Bonchev–Trinajstić information content (AvgIpc) is 3.46. The number of rotatable bonds is 13. The first-order chi connectivity index (χ1) is 24.1. The van der Waals surface area contributed by atoms with Gasteiger partial charge in [0.25, 0.3) is 15.9 Å². The van der Waals surface area contributed by atoms with Crippen molar-refractivity contribution in [3.8, 4) is 11.7 Å². The third-order valence-electron chi connectivity index (χ3n) is 11.1. The van der Waals surface area contributed by atoms with Crippen LogP contribution in [0.4, 0.5) is 10.6 Å². The third kappa shape index (κ3) is 8.65. The fourth-order valence-electron chi connectivity index (χ4n) is 7.24. The molecule has 0 spiro atoms. The molecule has 1 aliphatic heterocycles. The van der Waals surface area contributed by atoms with E-state index >= 15 is 0 Å². The Bertz CT molecular complexity index is 1910. The van der Waals surface area contributed by atoms with Crippen molar-refractivity contribution in [3.05, 3.63) is 53.3 Å². The number of nitrogens with zero attached hydrogens (tertiary/aromatic N) is 5. The molecule has 2 fully saturated rings. The van der Waals surface area contributed by atoms with Crippen LogP contribution in [0.15, 0.2) is 47.6 Å². The van der Waals surface area contributed by atoms with Gasteiger partial charge in [-0.25, -0.2) is 24.2 Å². The van der Waals surface area contributed by atoms with Crippen molar-refractivity contribution in [1.82, 2.24) is 29.4 Å². The Morgan fingerprint density at radius 2 is 1.77 bits per heavy atom. The lowest BCUT2D eigenvalue weighted by Gasteiger charge is -2.33. The van der Waals surface area contributed by atoms with Crippen LogP contribution < -0.4 is 14.8 Å². The number of anilines is 1. The van der Waals surface area contributed by atoms with E-state index in [4.69, 9.17) is 21.1 Å². The lowest BCUT2D eigenvalue weighted by Crippen LogP contribution is -2.45. The zero-order chi connectivity index (χ0) is 38.3. The Balaban J connectivity index is 1.11. The molecule has 2 aliphatic rings. The number of pyridine rings is 2. The molecule has 2 N–H and O–H groups in total. The number of sulfonamides is 1. The minimum Gasteiger partial charge on any atom is -0.477 e. The van der Waals surface area contributed by atoms with Gasteiger partial charge in [0.2, 0.25) is 5.88 Å². The smallest absolute Gasteiger partial charge is 0.410 e. The van der Waals surface area contributed by atoms with Crippen LogP contribution in [0.5, 0.6) is 5.88 Å². The van der Waals surface area contributed by atoms with Gasteiger partial charge in [-0.15, -0.1) is 5.10 Å². The standard InChI is InChI=1S/C37H52ClN7O6S/c1-24-36(7,8)37(24,9)18-21-50-29-17-20-45(42-29)28-16-15-26(31(38)41-28)32(46)43-52(48,49)30-14-10-13-27(40-30)39-19-11-12-25-22-35(5,6)44(23-25)33(47)51-34(2,3)4/h10,13-17,20,24-25H,11-12,18-19,21-23H2,1-9H3,(H,39,40)(H,43,46)/t24?,25-,37?/m0/s1. The quantitative estimate of drug-likeness (QED) is 0.136. The van der Waals surface area contributed by atoms with Gasteiger partial charge in [-0.05, 0) is 107 Å². The molecule has 52 heavy (non-hydrogen) atoms. The van der Waals surface area contributed by atoms with Crippen LogP contribution >= 0.6 is 11.6 Å². The maximum Gasteiger partial charge on any atom is 0.410 e. The minimum atomic E-state index is -4.34. The van der Waals surface area contributed by atoms with E-state index in [9.17, 15) is 18.0 Å². The topological polar surface area (TPSA) is 158 Å². The van der Waals surface area contributed by atoms with Crippen molar-refractivity contribution < 1.29 is 27.5 Å². The van der Waals surface area contributed by atoms with E-state index < -0.39 is 21.5 Å². The SMILES string of the molecule is CC1C(C)(C)C1(C)CCOc1ccn(-c2ccc(C(=O)NS(=O)(=O)c3cccc(NCCC[C@@H]4CN(C(=O)OC(C)(C)C)C(C)(C)C4)n3)c(Cl)n2)n1. The Labute approximate surface area is 312 Å². The van der Waals surface area contributed by atoms with Gasteiger partial charge in [0.1, 0.15) is 16.6 Å². The number of ether oxygens (including phenoxy) is 2. The van der Waals surface area contributed by atoms with Gasteiger partial charge in [0.05, 0.1) is 12.2 Å². The number of carbonyl (C=O) groups excluding carboxylic acids is 2.